The molecule has 1 atom stereocenters. The fourth-order valence-electron chi connectivity index (χ4n) is 0.605. The van der Waals surface area contributed by atoms with E-state index in [1.165, 1.54) is 6.26 Å². The highest BCUT2D eigenvalue weighted by atomic mass is 35.5. The van der Waals surface area contributed by atoms with Crippen LogP contribution < -0.4 is 0 Å². The van der Waals surface area contributed by atoms with Gasteiger partial charge >= 0.3 is 0 Å². The van der Waals surface area contributed by atoms with Crippen molar-refractivity contribution in [1.29, 1.82) is 0 Å². The lowest BCUT2D eigenvalue weighted by Crippen LogP contribution is -2.33. The molecular weight excluding hydrogens is 156 g/mol. The van der Waals surface area contributed by atoms with Crippen LogP contribution in [0.5, 0.6) is 0 Å². The average Bonchev–Trinajstić information content (AvgIpc) is 1.95. The molecule has 0 aromatic carbocycles. The van der Waals surface area contributed by atoms with Crippen LogP contribution >= 0.6 is 11.6 Å². The van der Waals surface area contributed by atoms with Gasteiger partial charge in [0.15, 0.2) is 6.10 Å². The van der Waals surface area contributed by atoms with Crippen LogP contribution in [-0.2, 0) is 14.3 Å². The number of carbonyl (C=O) groups excluding carboxylic acids is 2. The number of ether oxygens (including phenoxy) is 1. The van der Waals surface area contributed by atoms with Gasteiger partial charge in [0.2, 0.25) is 11.6 Å². The zero-order valence-electron chi connectivity index (χ0n) is 5.04. The van der Waals surface area contributed by atoms with Gasteiger partial charge in [-0.05, 0) is 0 Å². The van der Waals surface area contributed by atoms with Crippen LogP contribution in [0.3, 0.4) is 0 Å². The van der Waals surface area contributed by atoms with Gasteiger partial charge in [-0.3, -0.25) is 9.59 Å². The van der Waals surface area contributed by atoms with Gasteiger partial charge in [-0.25, -0.2) is 0 Å². The summed E-state index contributed by atoms with van der Waals surface area (Å²) in [5, 5.41) is 0. The number of allylic oxidation sites excluding steroid dienone is 1. The molecule has 1 aliphatic heterocycles. The minimum atomic E-state index is -0.779. The molecule has 0 spiro atoms. The minimum absolute atomic E-state index is 0.0227. The number of ketones is 2. The van der Waals surface area contributed by atoms with Gasteiger partial charge in [-0.1, -0.05) is 0 Å². The summed E-state index contributed by atoms with van der Waals surface area (Å²) in [6, 6.07) is 0. The van der Waals surface area contributed by atoms with Crippen LogP contribution in [0.1, 0.15) is 0 Å². The Hall–Kier alpha value is -0.830. The maximum Gasteiger partial charge on any atom is 0.244 e. The summed E-state index contributed by atoms with van der Waals surface area (Å²) in [4.78, 5) is 21.3. The first-order valence-corrected chi connectivity index (χ1v) is 3.25. The van der Waals surface area contributed by atoms with Gasteiger partial charge in [0.25, 0.3) is 0 Å². The van der Waals surface area contributed by atoms with Gasteiger partial charge in [0, 0.05) is 6.08 Å². The third kappa shape index (κ3) is 1.19. The highest BCUT2D eigenvalue weighted by Gasteiger charge is 2.26. The van der Waals surface area contributed by atoms with Crippen LogP contribution in [-0.4, -0.2) is 23.6 Å². The molecule has 0 amide bonds. The lowest BCUT2D eigenvalue weighted by molar-refractivity contribution is -0.140. The van der Waals surface area contributed by atoms with Crippen molar-refractivity contribution in [3.8, 4) is 0 Å². The SMILES string of the molecule is O=C1C=COC(CCl)C1=O. The Morgan fingerprint density at radius 1 is 1.60 bits per heavy atom. The molecule has 1 rings (SSSR count). The molecule has 0 N–H and O–H groups in total. The number of Topliss-reactive ketones (excluding diaryl/α,β-unsaturated/α-hetero) is 1. The first kappa shape index (κ1) is 7.28. The van der Waals surface area contributed by atoms with Crippen LogP contribution in [0.2, 0.25) is 0 Å². The lowest BCUT2D eigenvalue weighted by atomic mass is 10.1. The average molecular weight is 161 g/mol. The maximum atomic E-state index is 10.7. The normalized spacial score (nSPS) is 24.7. The topological polar surface area (TPSA) is 43.4 Å². The van der Waals surface area contributed by atoms with Crippen molar-refractivity contribution >= 4 is 23.2 Å². The van der Waals surface area contributed by atoms with E-state index in [4.69, 9.17) is 16.3 Å². The summed E-state index contributed by atoms with van der Waals surface area (Å²) in [5.41, 5.74) is 0. The van der Waals surface area contributed by atoms with Crippen molar-refractivity contribution in [2.75, 3.05) is 5.88 Å². The smallest absolute Gasteiger partial charge is 0.244 e. The Morgan fingerprint density at radius 3 is 2.80 bits per heavy atom. The van der Waals surface area contributed by atoms with Gasteiger partial charge in [-0.2, -0.15) is 0 Å². The fraction of sp³-hybridized carbons (Fsp3) is 0.333. The fourth-order valence-corrected chi connectivity index (χ4v) is 0.818. The monoisotopic (exact) mass is 160 g/mol. The van der Waals surface area contributed by atoms with E-state index in [0.29, 0.717) is 0 Å². The first-order chi connectivity index (χ1) is 4.75. The van der Waals surface area contributed by atoms with Crippen LogP contribution in [0.15, 0.2) is 12.3 Å². The van der Waals surface area contributed by atoms with Crippen molar-refractivity contribution in [1.82, 2.24) is 0 Å². The Labute approximate surface area is 62.6 Å². The van der Waals surface area contributed by atoms with Crippen molar-refractivity contribution < 1.29 is 14.3 Å². The molecule has 0 radical (unpaired) electrons. The number of rotatable bonds is 1. The molecule has 1 unspecified atom stereocenters. The molecule has 0 aliphatic carbocycles. The number of hydrogen-bond donors (Lipinski definition) is 0. The molecule has 0 saturated carbocycles. The molecule has 4 heteroatoms. The van der Waals surface area contributed by atoms with E-state index >= 15 is 0 Å². The van der Waals surface area contributed by atoms with Crippen LogP contribution in [0.25, 0.3) is 0 Å². The minimum Gasteiger partial charge on any atom is -0.488 e. The van der Waals surface area contributed by atoms with E-state index < -0.39 is 17.7 Å². The zero-order chi connectivity index (χ0) is 7.56. The first-order valence-electron chi connectivity index (χ1n) is 2.72. The predicted molar refractivity (Wildman–Crippen MR) is 34.7 cm³/mol. The molecule has 10 heavy (non-hydrogen) atoms. The zero-order valence-corrected chi connectivity index (χ0v) is 5.80. The molecule has 0 bridgehead atoms. The van der Waals surface area contributed by atoms with Crippen LogP contribution in [0, 0.1) is 0 Å². The van der Waals surface area contributed by atoms with E-state index in [-0.39, 0.29) is 5.88 Å². The van der Waals surface area contributed by atoms with Crippen molar-refractivity contribution in [2.24, 2.45) is 0 Å². The van der Waals surface area contributed by atoms with E-state index in [1.54, 1.807) is 0 Å². The van der Waals surface area contributed by atoms with E-state index in [9.17, 15) is 9.59 Å². The molecule has 3 nitrogen and oxygen atoms in total. The highest BCUT2D eigenvalue weighted by Crippen LogP contribution is 2.04. The summed E-state index contributed by atoms with van der Waals surface area (Å²) < 4.78 is 4.73. The second-order valence-electron chi connectivity index (χ2n) is 1.81. The Kier molecular flexibility index (Phi) is 2.06. The Morgan fingerprint density at radius 2 is 2.30 bits per heavy atom. The predicted octanol–water partition coefficient (Wildman–Crippen LogP) is 0.276. The summed E-state index contributed by atoms with van der Waals surface area (Å²) in [6.07, 6.45) is 1.50. The largest absolute Gasteiger partial charge is 0.488 e. The van der Waals surface area contributed by atoms with Gasteiger partial charge in [-0.15, -0.1) is 11.6 Å². The van der Waals surface area contributed by atoms with E-state index in [1.807, 2.05) is 0 Å². The third-order valence-corrected chi connectivity index (χ3v) is 1.42. The third-order valence-electron chi connectivity index (χ3n) is 1.14. The molecule has 1 aliphatic rings. The molecule has 1 heterocycles. The molecule has 0 fully saturated rings. The number of hydrogen-bond acceptors (Lipinski definition) is 3. The number of alkyl halides is 1. The van der Waals surface area contributed by atoms with Crippen molar-refractivity contribution in [3.05, 3.63) is 12.3 Å². The van der Waals surface area contributed by atoms with E-state index in [0.717, 1.165) is 6.08 Å². The lowest BCUT2D eigenvalue weighted by Gasteiger charge is -2.13. The summed E-state index contributed by atoms with van der Waals surface area (Å²) in [5.74, 6) is -1.09. The highest BCUT2D eigenvalue weighted by molar-refractivity contribution is 6.44. The second kappa shape index (κ2) is 2.84. The number of halogens is 1. The molecular formula is C6H5ClO3. The van der Waals surface area contributed by atoms with E-state index in [2.05, 4.69) is 0 Å². The Balaban J connectivity index is 2.74. The summed E-state index contributed by atoms with van der Waals surface area (Å²) >= 11 is 5.31. The molecule has 0 saturated heterocycles. The maximum absolute atomic E-state index is 10.7. The molecule has 0 aromatic heterocycles. The van der Waals surface area contributed by atoms with Crippen molar-refractivity contribution in [2.45, 2.75) is 6.10 Å². The quantitative estimate of drug-likeness (QED) is 0.409. The van der Waals surface area contributed by atoms with Crippen LogP contribution in [0.4, 0.5) is 0 Å². The Bertz CT molecular complexity index is 197. The molecule has 54 valence electrons. The summed E-state index contributed by atoms with van der Waals surface area (Å²) in [7, 11) is 0. The number of carbonyl (C=O) groups is 2. The summed E-state index contributed by atoms with van der Waals surface area (Å²) in [6.45, 7) is 0. The van der Waals surface area contributed by atoms with Gasteiger partial charge in [0.1, 0.15) is 0 Å². The van der Waals surface area contributed by atoms with Gasteiger partial charge < -0.3 is 4.74 Å². The molecule has 0 aromatic rings. The van der Waals surface area contributed by atoms with Crippen molar-refractivity contribution in [3.63, 3.8) is 0 Å². The standard InChI is InChI=1S/C6H5ClO3/c7-3-5-6(9)4(8)1-2-10-5/h1-2,5H,3H2. The second-order valence-corrected chi connectivity index (χ2v) is 2.12. The van der Waals surface area contributed by atoms with Gasteiger partial charge in [0.05, 0.1) is 12.1 Å².